The van der Waals surface area contributed by atoms with Crippen LogP contribution in [0.2, 0.25) is 0 Å². The number of hydrogen-bond acceptors (Lipinski definition) is 3. The highest BCUT2D eigenvalue weighted by Gasteiger charge is 2.14. The van der Waals surface area contributed by atoms with E-state index >= 15 is 0 Å². The van der Waals surface area contributed by atoms with E-state index in [0.717, 1.165) is 22.4 Å². The number of amides is 2. The highest BCUT2D eigenvalue weighted by atomic mass is 16.5. The van der Waals surface area contributed by atoms with Crippen LogP contribution in [0.15, 0.2) is 12.1 Å². The summed E-state index contributed by atoms with van der Waals surface area (Å²) in [4.78, 5) is 13.0. The SMILES string of the molecule is COc1cc(C)c(CN(C)C(=O)NN)cc1C(C)C. The molecule has 5 heteroatoms. The number of nitrogens with two attached hydrogens (primary N) is 1. The number of ether oxygens (including phenoxy) is 1. The maximum absolute atomic E-state index is 11.4. The molecule has 0 aliphatic carbocycles. The van der Waals surface area contributed by atoms with E-state index in [2.05, 4.69) is 25.3 Å². The molecule has 0 aliphatic rings. The van der Waals surface area contributed by atoms with E-state index < -0.39 is 0 Å². The third kappa shape index (κ3) is 3.61. The summed E-state index contributed by atoms with van der Waals surface area (Å²) in [6.07, 6.45) is 0. The van der Waals surface area contributed by atoms with Gasteiger partial charge in [0.2, 0.25) is 0 Å². The zero-order chi connectivity index (χ0) is 14.6. The van der Waals surface area contributed by atoms with Gasteiger partial charge in [-0.25, -0.2) is 10.6 Å². The molecular formula is C14H23N3O2. The predicted octanol–water partition coefficient (Wildman–Crippen LogP) is 2.14. The molecule has 0 aromatic heterocycles. The van der Waals surface area contributed by atoms with Crippen LogP contribution in [0.25, 0.3) is 0 Å². The van der Waals surface area contributed by atoms with E-state index in [4.69, 9.17) is 10.6 Å². The Kier molecular flexibility index (Phi) is 5.18. The molecule has 0 bridgehead atoms. The Morgan fingerprint density at radius 2 is 2.11 bits per heavy atom. The van der Waals surface area contributed by atoms with Gasteiger partial charge >= 0.3 is 6.03 Å². The lowest BCUT2D eigenvalue weighted by Gasteiger charge is -2.20. The Morgan fingerprint density at radius 1 is 1.47 bits per heavy atom. The highest BCUT2D eigenvalue weighted by molar-refractivity contribution is 5.73. The van der Waals surface area contributed by atoms with Crippen LogP contribution in [-0.4, -0.2) is 25.1 Å². The summed E-state index contributed by atoms with van der Waals surface area (Å²) in [6, 6.07) is 3.80. The van der Waals surface area contributed by atoms with Crippen molar-refractivity contribution in [3.8, 4) is 5.75 Å². The molecular weight excluding hydrogens is 242 g/mol. The maximum Gasteiger partial charge on any atom is 0.331 e. The monoisotopic (exact) mass is 265 g/mol. The average Bonchev–Trinajstić information content (AvgIpc) is 2.38. The van der Waals surface area contributed by atoms with Gasteiger partial charge in [0.1, 0.15) is 5.75 Å². The van der Waals surface area contributed by atoms with Gasteiger partial charge in [-0.05, 0) is 41.7 Å². The number of benzene rings is 1. The number of carbonyl (C=O) groups excluding carboxylic acids is 1. The van der Waals surface area contributed by atoms with Crippen LogP contribution in [0.1, 0.15) is 36.5 Å². The Balaban J connectivity index is 3.08. The molecule has 1 aromatic rings. The van der Waals surface area contributed by atoms with E-state index in [1.807, 2.05) is 13.0 Å². The third-order valence-electron chi connectivity index (χ3n) is 3.19. The summed E-state index contributed by atoms with van der Waals surface area (Å²) < 4.78 is 5.40. The third-order valence-corrected chi connectivity index (χ3v) is 3.19. The van der Waals surface area contributed by atoms with Crippen LogP contribution in [0.3, 0.4) is 0 Å². The van der Waals surface area contributed by atoms with Crippen molar-refractivity contribution in [2.45, 2.75) is 33.2 Å². The van der Waals surface area contributed by atoms with Gasteiger partial charge in [-0.1, -0.05) is 13.8 Å². The fraction of sp³-hybridized carbons (Fsp3) is 0.500. The largest absolute Gasteiger partial charge is 0.496 e. The van der Waals surface area contributed by atoms with Crippen molar-refractivity contribution in [1.82, 2.24) is 10.3 Å². The molecule has 0 unspecified atom stereocenters. The Hall–Kier alpha value is -1.75. The molecule has 0 saturated heterocycles. The number of methoxy groups -OCH3 is 1. The van der Waals surface area contributed by atoms with Crippen molar-refractivity contribution < 1.29 is 9.53 Å². The van der Waals surface area contributed by atoms with Crippen LogP contribution < -0.4 is 16.0 Å². The van der Waals surface area contributed by atoms with E-state index in [1.54, 1.807) is 19.1 Å². The van der Waals surface area contributed by atoms with E-state index in [1.165, 1.54) is 0 Å². The van der Waals surface area contributed by atoms with Crippen molar-refractivity contribution in [3.63, 3.8) is 0 Å². The van der Waals surface area contributed by atoms with Gasteiger partial charge in [-0.15, -0.1) is 0 Å². The first-order valence-electron chi connectivity index (χ1n) is 6.29. The number of hydrogen-bond donors (Lipinski definition) is 2. The zero-order valence-corrected chi connectivity index (χ0v) is 12.3. The van der Waals surface area contributed by atoms with Gasteiger partial charge in [-0.3, -0.25) is 5.43 Å². The van der Waals surface area contributed by atoms with Crippen LogP contribution in [0.4, 0.5) is 4.79 Å². The first-order chi connectivity index (χ1) is 8.90. The number of aryl methyl sites for hydroxylation is 1. The predicted molar refractivity (Wildman–Crippen MR) is 76.0 cm³/mol. The van der Waals surface area contributed by atoms with Crippen LogP contribution in [-0.2, 0) is 6.54 Å². The molecule has 0 aliphatic heterocycles. The first kappa shape index (κ1) is 15.3. The lowest BCUT2D eigenvalue weighted by Crippen LogP contribution is -2.40. The Bertz CT molecular complexity index is 458. The molecule has 0 atom stereocenters. The quantitative estimate of drug-likeness (QED) is 0.498. The van der Waals surface area contributed by atoms with Crippen molar-refractivity contribution in [2.75, 3.05) is 14.2 Å². The van der Waals surface area contributed by atoms with Crippen molar-refractivity contribution in [2.24, 2.45) is 5.84 Å². The molecule has 5 nitrogen and oxygen atoms in total. The lowest BCUT2D eigenvalue weighted by atomic mass is 9.96. The normalized spacial score (nSPS) is 10.5. The van der Waals surface area contributed by atoms with Crippen LogP contribution >= 0.6 is 0 Å². The number of carbonyl (C=O) groups is 1. The Labute approximate surface area is 114 Å². The second-order valence-corrected chi connectivity index (χ2v) is 4.98. The molecule has 106 valence electrons. The number of rotatable bonds is 4. The standard InChI is InChI=1S/C14H23N3O2/c1-9(2)12-7-11(8-17(4)14(18)16-15)10(3)6-13(12)19-5/h6-7,9H,8,15H2,1-5H3,(H,16,18). The summed E-state index contributed by atoms with van der Waals surface area (Å²) in [6.45, 7) is 6.76. The number of nitrogens with zero attached hydrogens (tertiary/aromatic N) is 1. The molecule has 3 N–H and O–H groups in total. The van der Waals surface area contributed by atoms with Gasteiger partial charge in [0.25, 0.3) is 0 Å². The maximum atomic E-state index is 11.4. The van der Waals surface area contributed by atoms with E-state index in [9.17, 15) is 4.79 Å². The summed E-state index contributed by atoms with van der Waals surface area (Å²) >= 11 is 0. The van der Waals surface area contributed by atoms with Crippen molar-refractivity contribution >= 4 is 6.03 Å². The fourth-order valence-electron chi connectivity index (χ4n) is 1.98. The lowest BCUT2D eigenvalue weighted by molar-refractivity contribution is 0.207. The first-order valence-corrected chi connectivity index (χ1v) is 6.29. The summed E-state index contributed by atoms with van der Waals surface area (Å²) in [7, 11) is 3.38. The molecule has 0 heterocycles. The van der Waals surface area contributed by atoms with Crippen LogP contribution in [0, 0.1) is 6.92 Å². The topological polar surface area (TPSA) is 67.6 Å². The summed E-state index contributed by atoms with van der Waals surface area (Å²) in [5, 5.41) is 0. The molecule has 0 spiro atoms. The van der Waals surface area contributed by atoms with E-state index in [0.29, 0.717) is 12.5 Å². The van der Waals surface area contributed by atoms with Gasteiger partial charge in [0.05, 0.1) is 7.11 Å². The number of nitrogens with one attached hydrogen (secondary N) is 1. The summed E-state index contributed by atoms with van der Waals surface area (Å²) in [5.74, 6) is 6.38. The zero-order valence-electron chi connectivity index (χ0n) is 12.3. The minimum absolute atomic E-state index is 0.304. The molecule has 19 heavy (non-hydrogen) atoms. The molecule has 0 saturated carbocycles. The minimum atomic E-state index is -0.304. The highest BCUT2D eigenvalue weighted by Crippen LogP contribution is 2.30. The van der Waals surface area contributed by atoms with Gasteiger partial charge in [0.15, 0.2) is 0 Å². The smallest absolute Gasteiger partial charge is 0.331 e. The molecule has 0 radical (unpaired) electrons. The minimum Gasteiger partial charge on any atom is -0.496 e. The fourth-order valence-corrected chi connectivity index (χ4v) is 1.98. The molecule has 1 aromatic carbocycles. The average molecular weight is 265 g/mol. The van der Waals surface area contributed by atoms with Crippen LogP contribution in [0.5, 0.6) is 5.75 Å². The number of urea groups is 1. The second kappa shape index (κ2) is 6.43. The number of hydrazine groups is 1. The second-order valence-electron chi connectivity index (χ2n) is 4.98. The van der Waals surface area contributed by atoms with Gasteiger partial charge < -0.3 is 9.64 Å². The van der Waals surface area contributed by atoms with Crippen molar-refractivity contribution in [3.05, 3.63) is 28.8 Å². The van der Waals surface area contributed by atoms with Gasteiger partial charge in [0, 0.05) is 13.6 Å². The molecule has 2 amide bonds. The molecule has 0 fully saturated rings. The summed E-state index contributed by atoms with van der Waals surface area (Å²) in [5.41, 5.74) is 5.46. The van der Waals surface area contributed by atoms with Crippen molar-refractivity contribution in [1.29, 1.82) is 0 Å². The van der Waals surface area contributed by atoms with E-state index in [-0.39, 0.29) is 6.03 Å². The van der Waals surface area contributed by atoms with Gasteiger partial charge in [-0.2, -0.15) is 0 Å². The molecule has 1 rings (SSSR count). The Morgan fingerprint density at radius 3 is 2.58 bits per heavy atom.